The van der Waals surface area contributed by atoms with Crippen LogP contribution in [0, 0.1) is 5.41 Å². The van der Waals surface area contributed by atoms with Crippen LogP contribution in [0.15, 0.2) is 24.3 Å². The molecule has 0 radical (unpaired) electrons. The van der Waals surface area contributed by atoms with Gasteiger partial charge in [0.2, 0.25) is 21.8 Å². The summed E-state index contributed by atoms with van der Waals surface area (Å²) in [5.74, 6) is -1.03. The summed E-state index contributed by atoms with van der Waals surface area (Å²) in [5.41, 5.74) is -0.503. The first-order chi connectivity index (χ1) is 12.5. The Morgan fingerprint density at radius 2 is 1.63 bits per heavy atom. The normalized spacial score (nSPS) is 21.4. The standard InChI is InChI=1S/C18H23N3O5S/c1-13(22)19-7-9-20(10-8-19)16(23)14-5-4-6-15(11-14)21-17(24)18(2,3)12-27(21,25)26/h4-6,11H,7-10,12H2,1-3H3. The molecule has 2 aliphatic rings. The van der Waals surface area contributed by atoms with Crippen molar-refractivity contribution in [3.8, 4) is 0 Å². The lowest BCUT2D eigenvalue weighted by molar-refractivity contribution is -0.130. The van der Waals surface area contributed by atoms with Gasteiger partial charge in [-0.1, -0.05) is 6.07 Å². The summed E-state index contributed by atoms with van der Waals surface area (Å²) >= 11 is 0. The van der Waals surface area contributed by atoms with Gasteiger partial charge in [0.15, 0.2) is 0 Å². The lowest BCUT2D eigenvalue weighted by Crippen LogP contribution is -2.50. The molecule has 2 saturated heterocycles. The highest BCUT2D eigenvalue weighted by Gasteiger charge is 2.50. The Kier molecular flexibility index (Phi) is 4.75. The maximum absolute atomic E-state index is 12.8. The van der Waals surface area contributed by atoms with Crippen LogP contribution in [0.5, 0.6) is 0 Å². The molecule has 3 amide bonds. The van der Waals surface area contributed by atoms with Gasteiger partial charge in [0.05, 0.1) is 16.9 Å². The van der Waals surface area contributed by atoms with E-state index < -0.39 is 21.3 Å². The first-order valence-corrected chi connectivity index (χ1v) is 10.4. The number of sulfonamides is 1. The van der Waals surface area contributed by atoms with Crippen LogP contribution in [0.25, 0.3) is 0 Å². The van der Waals surface area contributed by atoms with Gasteiger partial charge in [-0.25, -0.2) is 12.7 Å². The van der Waals surface area contributed by atoms with Gasteiger partial charge in [-0.15, -0.1) is 0 Å². The molecule has 0 bridgehead atoms. The molecular weight excluding hydrogens is 370 g/mol. The summed E-state index contributed by atoms with van der Waals surface area (Å²) in [6.45, 7) is 6.44. The molecule has 146 valence electrons. The van der Waals surface area contributed by atoms with Crippen molar-refractivity contribution in [1.29, 1.82) is 0 Å². The van der Waals surface area contributed by atoms with Crippen molar-refractivity contribution >= 4 is 33.4 Å². The second kappa shape index (κ2) is 6.63. The average Bonchev–Trinajstić information content (AvgIpc) is 2.77. The van der Waals surface area contributed by atoms with Gasteiger partial charge in [0, 0.05) is 38.7 Å². The Morgan fingerprint density at radius 1 is 1.04 bits per heavy atom. The Balaban J connectivity index is 1.83. The van der Waals surface area contributed by atoms with E-state index in [1.54, 1.807) is 35.8 Å². The molecule has 1 aromatic rings. The predicted octanol–water partition coefficient (Wildman–Crippen LogP) is 0.693. The molecule has 0 N–H and O–H groups in total. The fourth-order valence-corrected chi connectivity index (χ4v) is 5.53. The van der Waals surface area contributed by atoms with Crippen molar-refractivity contribution in [2.45, 2.75) is 20.8 Å². The fourth-order valence-electron chi connectivity index (χ4n) is 3.43. The van der Waals surface area contributed by atoms with Crippen LogP contribution in [0.1, 0.15) is 31.1 Å². The van der Waals surface area contributed by atoms with Crippen LogP contribution in [-0.4, -0.2) is 67.9 Å². The zero-order valence-electron chi connectivity index (χ0n) is 15.6. The van der Waals surface area contributed by atoms with Crippen LogP contribution < -0.4 is 4.31 Å². The molecular formula is C18H23N3O5S. The second-order valence-corrected chi connectivity index (χ2v) is 9.38. The highest BCUT2D eigenvalue weighted by Crippen LogP contribution is 2.36. The Labute approximate surface area is 158 Å². The first kappa shape index (κ1) is 19.3. The van der Waals surface area contributed by atoms with Gasteiger partial charge >= 0.3 is 0 Å². The number of benzene rings is 1. The van der Waals surface area contributed by atoms with Crippen LogP contribution in [0.3, 0.4) is 0 Å². The minimum absolute atomic E-state index is 0.0236. The van der Waals surface area contributed by atoms with Crippen molar-refractivity contribution in [2.24, 2.45) is 5.41 Å². The van der Waals surface area contributed by atoms with Crippen molar-refractivity contribution in [2.75, 3.05) is 36.2 Å². The number of anilines is 1. The number of hydrogen-bond donors (Lipinski definition) is 0. The van der Waals surface area contributed by atoms with Crippen molar-refractivity contribution in [3.05, 3.63) is 29.8 Å². The van der Waals surface area contributed by atoms with Gasteiger partial charge in [-0.05, 0) is 32.0 Å². The van der Waals surface area contributed by atoms with Gasteiger partial charge in [-0.3, -0.25) is 14.4 Å². The third kappa shape index (κ3) is 3.55. The summed E-state index contributed by atoms with van der Waals surface area (Å²) in [5, 5.41) is 0. The summed E-state index contributed by atoms with van der Waals surface area (Å²) in [7, 11) is -3.77. The zero-order chi connectivity index (χ0) is 20.0. The molecule has 8 nitrogen and oxygen atoms in total. The van der Waals surface area contributed by atoms with Crippen LogP contribution in [0.2, 0.25) is 0 Å². The summed E-state index contributed by atoms with van der Waals surface area (Å²) in [4.78, 5) is 40.0. The third-order valence-electron chi connectivity index (χ3n) is 4.92. The van der Waals surface area contributed by atoms with E-state index in [2.05, 4.69) is 0 Å². The Bertz CT molecular complexity index is 901. The van der Waals surface area contributed by atoms with Crippen molar-refractivity contribution < 1.29 is 22.8 Å². The van der Waals surface area contributed by atoms with E-state index in [0.29, 0.717) is 31.7 Å². The zero-order valence-corrected chi connectivity index (χ0v) is 16.5. The maximum atomic E-state index is 12.8. The van der Waals surface area contributed by atoms with Crippen molar-refractivity contribution in [3.63, 3.8) is 0 Å². The maximum Gasteiger partial charge on any atom is 0.254 e. The SMILES string of the molecule is CC(=O)N1CCN(C(=O)c2cccc(N3C(=O)C(C)(C)CS3(=O)=O)c2)CC1. The van der Waals surface area contributed by atoms with E-state index in [0.717, 1.165) is 4.31 Å². The van der Waals surface area contributed by atoms with E-state index in [1.807, 2.05) is 0 Å². The predicted molar refractivity (Wildman–Crippen MR) is 99.7 cm³/mol. The van der Waals surface area contributed by atoms with Crippen molar-refractivity contribution in [1.82, 2.24) is 9.80 Å². The first-order valence-electron chi connectivity index (χ1n) is 8.75. The highest BCUT2D eigenvalue weighted by molar-refractivity contribution is 7.94. The average molecular weight is 393 g/mol. The number of carbonyl (C=O) groups excluding carboxylic acids is 3. The molecule has 0 spiro atoms. The molecule has 2 aliphatic heterocycles. The second-order valence-electron chi connectivity index (χ2n) is 7.56. The molecule has 27 heavy (non-hydrogen) atoms. The third-order valence-corrected chi connectivity index (χ3v) is 6.94. The summed E-state index contributed by atoms with van der Waals surface area (Å²) in [6.07, 6.45) is 0. The Hall–Kier alpha value is -2.42. The summed E-state index contributed by atoms with van der Waals surface area (Å²) < 4.78 is 25.7. The van der Waals surface area contributed by atoms with E-state index in [9.17, 15) is 22.8 Å². The molecule has 9 heteroatoms. The van der Waals surface area contributed by atoms with E-state index in [-0.39, 0.29) is 23.3 Å². The molecule has 0 saturated carbocycles. The van der Waals surface area contributed by atoms with E-state index in [4.69, 9.17) is 0 Å². The molecule has 0 aliphatic carbocycles. The number of piperazine rings is 1. The number of nitrogens with zero attached hydrogens (tertiary/aromatic N) is 3. The molecule has 0 atom stereocenters. The van der Waals surface area contributed by atoms with E-state index >= 15 is 0 Å². The highest BCUT2D eigenvalue weighted by atomic mass is 32.2. The van der Waals surface area contributed by atoms with Gasteiger partial charge < -0.3 is 9.80 Å². The number of hydrogen-bond acceptors (Lipinski definition) is 5. The van der Waals surface area contributed by atoms with Gasteiger partial charge in [0.1, 0.15) is 0 Å². The van der Waals surface area contributed by atoms with Crippen LogP contribution in [0.4, 0.5) is 5.69 Å². The van der Waals surface area contributed by atoms with Gasteiger partial charge in [0.25, 0.3) is 5.91 Å². The van der Waals surface area contributed by atoms with Crippen LogP contribution >= 0.6 is 0 Å². The fraction of sp³-hybridized carbons (Fsp3) is 0.500. The lowest BCUT2D eigenvalue weighted by Gasteiger charge is -2.34. The number of amides is 3. The quantitative estimate of drug-likeness (QED) is 0.737. The van der Waals surface area contributed by atoms with Crippen LogP contribution in [-0.2, 0) is 19.6 Å². The number of rotatable bonds is 2. The largest absolute Gasteiger partial charge is 0.339 e. The minimum Gasteiger partial charge on any atom is -0.339 e. The number of carbonyl (C=O) groups is 3. The topological polar surface area (TPSA) is 95.1 Å². The summed E-state index contributed by atoms with van der Waals surface area (Å²) in [6, 6.07) is 6.13. The lowest BCUT2D eigenvalue weighted by atomic mass is 9.95. The smallest absolute Gasteiger partial charge is 0.254 e. The van der Waals surface area contributed by atoms with Gasteiger partial charge in [-0.2, -0.15) is 0 Å². The molecule has 0 aromatic heterocycles. The molecule has 1 aromatic carbocycles. The molecule has 0 unspecified atom stereocenters. The minimum atomic E-state index is -3.77. The molecule has 2 heterocycles. The monoisotopic (exact) mass is 393 g/mol. The van der Waals surface area contributed by atoms with E-state index in [1.165, 1.54) is 19.1 Å². The molecule has 2 fully saturated rings. The molecule has 3 rings (SSSR count). The Morgan fingerprint density at radius 3 is 2.15 bits per heavy atom.